The molecule has 0 amide bonds. The Labute approximate surface area is 78.3 Å². The van der Waals surface area contributed by atoms with Crippen molar-refractivity contribution >= 4 is 5.78 Å². The molecule has 0 aromatic heterocycles. The van der Waals surface area contributed by atoms with Crippen molar-refractivity contribution in [1.82, 2.24) is 0 Å². The monoisotopic (exact) mass is 203 g/mol. The number of hydrogen-bond donors (Lipinski definition) is 0. The number of carbonyl (C=O) groups excluding carboxylic acids is 1. The first-order chi connectivity index (χ1) is 6.40. The number of ether oxygens (including phenoxy) is 1. The zero-order valence-electron chi connectivity index (χ0n) is 6.97. The Balaban J connectivity index is 3.02. The van der Waals surface area contributed by atoms with Gasteiger partial charge in [0, 0.05) is 6.92 Å². The SMILES string of the molecule is [CH2]C(=O)c1ccccc1OC(F)(F)F. The lowest BCUT2D eigenvalue weighted by Gasteiger charge is -2.10. The molecule has 0 spiro atoms. The number of alkyl halides is 3. The van der Waals surface area contributed by atoms with Crippen molar-refractivity contribution in [2.24, 2.45) is 0 Å². The van der Waals surface area contributed by atoms with E-state index in [4.69, 9.17) is 0 Å². The highest BCUT2D eigenvalue weighted by Crippen LogP contribution is 2.26. The van der Waals surface area contributed by atoms with E-state index in [2.05, 4.69) is 11.7 Å². The van der Waals surface area contributed by atoms with Crippen molar-refractivity contribution in [1.29, 1.82) is 0 Å². The largest absolute Gasteiger partial charge is 0.573 e. The lowest BCUT2D eigenvalue weighted by atomic mass is 10.1. The van der Waals surface area contributed by atoms with Crippen LogP contribution in [0.4, 0.5) is 13.2 Å². The molecule has 0 heterocycles. The summed E-state index contributed by atoms with van der Waals surface area (Å²) in [5.74, 6) is -1.25. The Morgan fingerprint density at radius 1 is 1.29 bits per heavy atom. The molecule has 0 saturated heterocycles. The third kappa shape index (κ3) is 2.76. The van der Waals surface area contributed by atoms with Gasteiger partial charge >= 0.3 is 6.36 Å². The van der Waals surface area contributed by atoms with Gasteiger partial charge in [0.1, 0.15) is 5.75 Å². The maximum Gasteiger partial charge on any atom is 0.573 e. The molecule has 14 heavy (non-hydrogen) atoms. The molecule has 0 atom stereocenters. The van der Waals surface area contributed by atoms with Gasteiger partial charge in [0.2, 0.25) is 0 Å². The maximum absolute atomic E-state index is 11.8. The van der Waals surface area contributed by atoms with E-state index in [1.807, 2.05) is 0 Å². The van der Waals surface area contributed by atoms with Crippen LogP contribution in [0.25, 0.3) is 0 Å². The maximum atomic E-state index is 11.8. The van der Waals surface area contributed by atoms with Gasteiger partial charge in [-0.2, -0.15) is 0 Å². The van der Waals surface area contributed by atoms with E-state index in [1.54, 1.807) is 0 Å². The lowest BCUT2D eigenvalue weighted by molar-refractivity contribution is -0.274. The Morgan fingerprint density at radius 2 is 1.86 bits per heavy atom. The summed E-state index contributed by atoms with van der Waals surface area (Å²) in [7, 11) is 0. The molecule has 0 aliphatic heterocycles. The molecule has 1 rings (SSSR count). The fraction of sp³-hybridized carbons (Fsp3) is 0.111. The quantitative estimate of drug-likeness (QED) is 0.690. The molecule has 2 nitrogen and oxygen atoms in total. The van der Waals surface area contributed by atoms with Crippen LogP contribution in [0.15, 0.2) is 24.3 Å². The molecule has 0 bridgehead atoms. The smallest absolute Gasteiger partial charge is 0.405 e. The van der Waals surface area contributed by atoms with Crippen molar-refractivity contribution in [3.8, 4) is 5.75 Å². The number of benzene rings is 1. The van der Waals surface area contributed by atoms with E-state index in [9.17, 15) is 18.0 Å². The Kier molecular flexibility index (Phi) is 2.78. The summed E-state index contributed by atoms with van der Waals surface area (Å²) >= 11 is 0. The summed E-state index contributed by atoms with van der Waals surface area (Å²) in [6.07, 6.45) is -4.80. The van der Waals surface area contributed by atoms with E-state index in [1.165, 1.54) is 18.2 Å². The van der Waals surface area contributed by atoms with E-state index in [-0.39, 0.29) is 5.56 Å². The van der Waals surface area contributed by atoms with E-state index in [0.717, 1.165) is 6.07 Å². The minimum Gasteiger partial charge on any atom is -0.405 e. The van der Waals surface area contributed by atoms with Crippen LogP contribution in [-0.4, -0.2) is 12.1 Å². The lowest BCUT2D eigenvalue weighted by Crippen LogP contribution is -2.18. The molecular weight excluding hydrogens is 197 g/mol. The van der Waals surface area contributed by atoms with Crippen LogP contribution in [0.2, 0.25) is 0 Å². The number of Topliss-reactive ketones (excluding diaryl/α,β-unsaturated/α-hetero) is 1. The van der Waals surface area contributed by atoms with Crippen molar-refractivity contribution in [3.63, 3.8) is 0 Å². The van der Waals surface area contributed by atoms with Gasteiger partial charge in [-0.25, -0.2) is 0 Å². The first kappa shape index (κ1) is 10.6. The molecule has 0 aliphatic carbocycles. The second-order valence-corrected chi connectivity index (χ2v) is 2.47. The third-order valence-electron chi connectivity index (χ3n) is 1.41. The summed E-state index contributed by atoms with van der Waals surface area (Å²) < 4.78 is 39.1. The minimum absolute atomic E-state index is 0.190. The predicted molar refractivity (Wildman–Crippen MR) is 42.8 cm³/mol. The van der Waals surface area contributed by atoms with Gasteiger partial charge in [0.25, 0.3) is 0 Å². The third-order valence-corrected chi connectivity index (χ3v) is 1.41. The molecule has 5 heteroatoms. The summed E-state index contributed by atoms with van der Waals surface area (Å²) in [6.45, 7) is 3.01. The van der Waals surface area contributed by atoms with E-state index >= 15 is 0 Å². The summed E-state index contributed by atoms with van der Waals surface area (Å²) in [5.41, 5.74) is -0.190. The van der Waals surface area contributed by atoms with Crippen LogP contribution < -0.4 is 4.74 Å². The first-order valence-corrected chi connectivity index (χ1v) is 3.61. The van der Waals surface area contributed by atoms with Crippen LogP contribution in [0.1, 0.15) is 10.4 Å². The Hall–Kier alpha value is -1.52. The minimum atomic E-state index is -4.80. The molecule has 1 aromatic rings. The molecule has 1 aromatic carbocycles. The molecule has 0 unspecified atom stereocenters. The fourth-order valence-corrected chi connectivity index (χ4v) is 0.911. The molecule has 0 saturated carbocycles. The van der Waals surface area contributed by atoms with Crippen molar-refractivity contribution in [3.05, 3.63) is 36.8 Å². The highest BCUT2D eigenvalue weighted by molar-refractivity contribution is 6.01. The average molecular weight is 203 g/mol. The highest BCUT2D eigenvalue weighted by Gasteiger charge is 2.32. The second-order valence-electron chi connectivity index (χ2n) is 2.47. The van der Waals surface area contributed by atoms with Crippen LogP contribution in [0, 0.1) is 6.92 Å². The van der Waals surface area contributed by atoms with Gasteiger partial charge in [-0.15, -0.1) is 13.2 Å². The standard InChI is InChI=1S/C9H6F3O2/c1-6(13)7-4-2-3-5-8(7)14-9(10,11)12/h2-5H,1H2. The zero-order chi connectivity index (χ0) is 10.8. The number of rotatable bonds is 2. The summed E-state index contributed by atoms with van der Waals surface area (Å²) in [6, 6.07) is 5.05. The molecule has 0 fully saturated rings. The number of para-hydroxylation sites is 1. The molecule has 0 aliphatic rings. The van der Waals surface area contributed by atoms with Gasteiger partial charge in [-0.3, -0.25) is 4.79 Å². The number of carbonyl (C=O) groups is 1. The van der Waals surface area contributed by atoms with Gasteiger partial charge in [-0.1, -0.05) is 12.1 Å². The topological polar surface area (TPSA) is 26.3 Å². The molecule has 1 radical (unpaired) electrons. The Morgan fingerprint density at radius 3 is 2.36 bits per heavy atom. The van der Waals surface area contributed by atoms with Gasteiger partial charge < -0.3 is 4.74 Å². The van der Waals surface area contributed by atoms with Crippen LogP contribution in [-0.2, 0) is 0 Å². The van der Waals surface area contributed by atoms with Gasteiger partial charge in [0.05, 0.1) is 5.56 Å². The normalized spacial score (nSPS) is 11.1. The molecule has 75 valence electrons. The van der Waals surface area contributed by atoms with Crippen LogP contribution in [0.5, 0.6) is 5.75 Å². The zero-order valence-corrected chi connectivity index (χ0v) is 6.97. The Bertz CT molecular complexity index is 344. The summed E-state index contributed by atoms with van der Waals surface area (Å²) in [5, 5.41) is 0. The van der Waals surface area contributed by atoms with Gasteiger partial charge in [0.15, 0.2) is 5.78 Å². The number of ketones is 1. The fourth-order valence-electron chi connectivity index (χ4n) is 0.911. The second kappa shape index (κ2) is 3.69. The van der Waals surface area contributed by atoms with Crippen LogP contribution >= 0.6 is 0 Å². The van der Waals surface area contributed by atoms with Crippen LogP contribution in [0.3, 0.4) is 0 Å². The molecular formula is C9H6F3O2. The molecule has 0 N–H and O–H groups in total. The van der Waals surface area contributed by atoms with E-state index < -0.39 is 17.9 Å². The average Bonchev–Trinajstić information content (AvgIpc) is 2.01. The predicted octanol–water partition coefficient (Wildman–Crippen LogP) is 2.60. The highest BCUT2D eigenvalue weighted by atomic mass is 19.4. The summed E-state index contributed by atoms with van der Waals surface area (Å²) in [4.78, 5) is 10.8. The van der Waals surface area contributed by atoms with Gasteiger partial charge in [-0.05, 0) is 12.1 Å². The van der Waals surface area contributed by atoms with Crippen molar-refractivity contribution in [2.45, 2.75) is 6.36 Å². The van der Waals surface area contributed by atoms with E-state index in [0.29, 0.717) is 0 Å². The first-order valence-electron chi connectivity index (χ1n) is 3.61. The van der Waals surface area contributed by atoms with Crippen molar-refractivity contribution in [2.75, 3.05) is 0 Å². The number of hydrogen-bond acceptors (Lipinski definition) is 2. The number of halogens is 3. The van der Waals surface area contributed by atoms with Crippen molar-refractivity contribution < 1.29 is 22.7 Å².